The van der Waals surface area contributed by atoms with E-state index in [1.807, 2.05) is 0 Å². The van der Waals surface area contributed by atoms with Crippen LogP contribution >= 0.6 is 0 Å². The molecular weight excluding hydrogens is 300 g/mol. The minimum Gasteiger partial charge on any atom is -0.0654 e. The molecule has 0 heteroatoms. The second-order valence-corrected chi connectivity index (χ2v) is 7.68. The number of benzene rings is 3. The molecule has 2 atom stereocenters. The first-order valence-corrected chi connectivity index (χ1v) is 9.65. The summed E-state index contributed by atoms with van der Waals surface area (Å²) in [5, 5.41) is 2.77. The highest BCUT2D eigenvalue weighted by molar-refractivity contribution is 5.86. The Labute approximate surface area is 152 Å². The average Bonchev–Trinajstić information content (AvgIpc) is 2.66. The minimum absolute atomic E-state index is 0.314. The van der Waals surface area contributed by atoms with Gasteiger partial charge in [0.2, 0.25) is 0 Å². The summed E-state index contributed by atoms with van der Waals surface area (Å²) in [6.45, 7) is 7.24. The van der Waals surface area contributed by atoms with Gasteiger partial charge in [-0.25, -0.2) is 0 Å². The summed E-state index contributed by atoms with van der Waals surface area (Å²) in [4.78, 5) is 0. The van der Waals surface area contributed by atoms with Gasteiger partial charge in [-0.15, -0.1) is 0 Å². The van der Waals surface area contributed by atoms with Crippen LogP contribution in [0.2, 0.25) is 0 Å². The van der Waals surface area contributed by atoms with E-state index in [0.717, 1.165) is 6.42 Å². The zero-order chi connectivity index (χ0) is 17.7. The third-order valence-electron chi connectivity index (χ3n) is 5.98. The van der Waals surface area contributed by atoms with Gasteiger partial charge in [-0.1, -0.05) is 100.0 Å². The van der Waals surface area contributed by atoms with E-state index in [1.54, 1.807) is 0 Å². The van der Waals surface area contributed by atoms with Crippen LogP contribution < -0.4 is 0 Å². The molecule has 0 radical (unpaired) electrons. The molecule has 25 heavy (non-hydrogen) atoms. The van der Waals surface area contributed by atoms with E-state index >= 15 is 0 Å². The minimum atomic E-state index is 0.314. The highest BCUT2D eigenvalue weighted by Gasteiger charge is 2.31. The smallest absolute Gasteiger partial charge is 0.0130 e. The quantitative estimate of drug-likeness (QED) is 0.424. The van der Waals surface area contributed by atoms with Crippen molar-refractivity contribution in [2.24, 2.45) is 5.41 Å². The molecule has 0 fully saturated rings. The maximum Gasteiger partial charge on any atom is -0.0130 e. The first-order valence-electron chi connectivity index (χ1n) is 9.65. The zero-order valence-corrected chi connectivity index (χ0v) is 15.8. The molecule has 0 heterocycles. The fraction of sp³-hybridized carbons (Fsp3) is 0.360. The molecule has 0 N–H and O–H groups in total. The van der Waals surface area contributed by atoms with E-state index in [2.05, 4.69) is 93.6 Å². The largest absolute Gasteiger partial charge is 0.0654 e. The third kappa shape index (κ3) is 3.95. The first kappa shape index (κ1) is 17.7. The van der Waals surface area contributed by atoms with Gasteiger partial charge in [0.25, 0.3) is 0 Å². The molecule has 3 aromatic carbocycles. The predicted octanol–water partition coefficient (Wildman–Crippen LogP) is 7.38. The van der Waals surface area contributed by atoms with Crippen LogP contribution in [0, 0.1) is 5.41 Å². The van der Waals surface area contributed by atoms with Crippen molar-refractivity contribution < 1.29 is 0 Å². The molecule has 0 aliphatic rings. The molecule has 3 aromatic rings. The highest BCUT2D eigenvalue weighted by atomic mass is 14.4. The van der Waals surface area contributed by atoms with E-state index in [9.17, 15) is 0 Å². The lowest BCUT2D eigenvalue weighted by molar-refractivity contribution is 0.221. The van der Waals surface area contributed by atoms with Gasteiger partial charge in [0, 0.05) is 0 Å². The Hall–Kier alpha value is -2.08. The molecule has 0 spiro atoms. The molecular formula is C25H30. The lowest BCUT2D eigenvalue weighted by atomic mass is 9.68. The summed E-state index contributed by atoms with van der Waals surface area (Å²) in [6.07, 6.45) is 4.90. The normalized spacial score (nSPS) is 15.0. The van der Waals surface area contributed by atoms with E-state index in [1.165, 1.54) is 41.2 Å². The SMILES string of the molecule is CCCC(C)(CCc1ccccc1)C(C)c1cccc2ccccc12. The van der Waals surface area contributed by atoms with Gasteiger partial charge in [-0.3, -0.25) is 0 Å². The van der Waals surface area contributed by atoms with Crippen LogP contribution in [-0.2, 0) is 6.42 Å². The molecule has 0 nitrogen and oxygen atoms in total. The van der Waals surface area contributed by atoms with E-state index < -0.39 is 0 Å². The maximum atomic E-state index is 2.49. The molecule has 0 saturated heterocycles. The second-order valence-electron chi connectivity index (χ2n) is 7.68. The lowest BCUT2D eigenvalue weighted by Gasteiger charge is -2.37. The Morgan fingerprint density at radius 3 is 2.24 bits per heavy atom. The standard InChI is InChI=1S/C25H30/c1-4-18-25(3,19-17-21-11-6-5-7-12-21)20(2)23-16-10-14-22-13-8-9-15-24(22)23/h5-16,20H,4,17-19H2,1-3H3. The van der Waals surface area contributed by atoms with Crippen LogP contribution in [0.1, 0.15) is 57.1 Å². The fourth-order valence-corrected chi connectivity index (χ4v) is 4.21. The van der Waals surface area contributed by atoms with Crippen LogP contribution in [0.3, 0.4) is 0 Å². The molecule has 130 valence electrons. The van der Waals surface area contributed by atoms with Gasteiger partial charge >= 0.3 is 0 Å². The monoisotopic (exact) mass is 330 g/mol. The molecule has 0 aromatic heterocycles. The van der Waals surface area contributed by atoms with Gasteiger partial charge in [-0.2, -0.15) is 0 Å². The number of hydrogen-bond acceptors (Lipinski definition) is 0. The van der Waals surface area contributed by atoms with Gasteiger partial charge in [0.1, 0.15) is 0 Å². The van der Waals surface area contributed by atoms with Crippen molar-refractivity contribution >= 4 is 10.8 Å². The van der Waals surface area contributed by atoms with Crippen molar-refractivity contribution in [2.75, 3.05) is 0 Å². The number of hydrogen-bond donors (Lipinski definition) is 0. The topological polar surface area (TPSA) is 0 Å². The molecule has 0 aliphatic carbocycles. The van der Waals surface area contributed by atoms with Gasteiger partial charge in [0.05, 0.1) is 0 Å². The van der Waals surface area contributed by atoms with Gasteiger partial charge < -0.3 is 0 Å². The van der Waals surface area contributed by atoms with Crippen molar-refractivity contribution in [3.05, 3.63) is 83.9 Å². The maximum absolute atomic E-state index is 2.49. The van der Waals surface area contributed by atoms with Crippen molar-refractivity contribution in [2.45, 2.75) is 52.4 Å². The van der Waals surface area contributed by atoms with Crippen molar-refractivity contribution in [1.82, 2.24) is 0 Å². The summed E-state index contributed by atoms with van der Waals surface area (Å²) in [6, 6.07) is 26.5. The molecule has 3 rings (SSSR count). The first-order chi connectivity index (χ1) is 12.1. The Balaban J connectivity index is 1.90. The molecule has 0 aliphatic heterocycles. The van der Waals surface area contributed by atoms with E-state index in [-0.39, 0.29) is 0 Å². The summed E-state index contributed by atoms with van der Waals surface area (Å²) in [5.41, 5.74) is 3.27. The van der Waals surface area contributed by atoms with E-state index in [4.69, 9.17) is 0 Å². The number of rotatable bonds is 7. The van der Waals surface area contributed by atoms with Crippen LogP contribution in [-0.4, -0.2) is 0 Å². The Morgan fingerprint density at radius 2 is 1.48 bits per heavy atom. The third-order valence-corrected chi connectivity index (χ3v) is 5.98. The van der Waals surface area contributed by atoms with Crippen LogP contribution in [0.5, 0.6) is 0 Å². The van der Waals surface area contributed by atoms with Gasteiger partial charge in [0.15, 0.2) is 0 Å². The molecule has 0 amide bonds. The Bertz CT molecular complexity index is 797. The molecule has 0 bridgehead atoms. The average molecular weight is 331 g/mol. The molecule has 0 saturated carbocycles. The summed E-state index contributed by atoms with van der Waals surface area (Å²) in [7, 11) is 0. The van der Waals surface area contributed by atoms with Crippen LogP contribution in [0.4, 0.5) is 0 Å². The van der Waals surface area contributed by atoms with Crippen molar-refractivity contribution in [3.8, 4) is 0 Å². The van der Waals surface area contributed by atoms with Crippen LogP contribution in [0.15, 0.2) is 72.8 Å². The van der Waals surface area contributed by atoms with Crippen molar-refractivity contribution in [3.63, 3.8) is 0 Å². The number of fused-ring (bicyclic) bond motifs is 1. The lowest BCUT2D eigenvalue weighted by Crippen LogP contribution is -2.25. The van der Waals surface area contributed by atoms with Crippen LogP contribution in [0.25, 0.3) is 10.8 Å². The zero-order valence-electron chi connectivity index (χ0n) is 15.8. The summed E-state index contributed by atoms with van der Waals surface area (Å²) >= 11 is 0. The summed E-state index contributed by atoms with van der Waals surface area (Å²) < 4.78 is 0. The Morgan fingerprint density at radius 1 is 0.800 bits per heavy atom. The fourth-order valence-electron chi connectivity index (χ4n) is 4.21. The van der Waals surface area contributed by atoms with Crippen molar-refractivity contribution in [1.29, 1.82) is 0 Å². The number of aryl methyl sites for hydroxylation is 1. The predicted molar refractivity (Wildman–Crippen MR) is 110 cm³/mol. The summed E-state index contributed by atoms with van der Waals surface area (Å²) in [5.74, 6) is 0.544. The van der Waals surface area contributed by atoms with E-state index in [0.29, 0.717) is 11.3 Å². The highest BCUT2D eigenvalue weighted by Crippen LogP contribution is 2.45. The Kier molecular flexibility index (Phi) is 5.58. The van der Waals surface area contributed by atoms with Gasteiger partial charge in [-0.05, 0) is 52.5 Å². The molecule has 2 unspecified atom stereocenters. The second kappa shape index (κ2) is 7.87.